The zero-order chi connectivity index (χ0) is 21.0. The van der Waals surface area contributed by atoms with Crippen LogP contribution in [0.25, 0.3) is 6.08 Å². The standard InChI is InChI=1S/C27H27FN2S/c28-23-12-13-26-25(19-23)27(24-11-5-4-10-22(24)20-31-26)30-17-15-29(16-18-30)14-6-9-21-7-2-1-3-8-21/h1-13,19,27H,14-18,20H2/b9-6+. The quantitative estimate of drug-likeness (QED) is 0.512. The van der Waals surface area contributed by atoms with Crippen molar-refractivity contribution in [3.8, 4) is 0 Å². The average Bonchev–Trinajstić information content (AvgIpc) is 2.97. The van der Waals surface area contributed by atoms with Gasteiger partial charge in [0.05, 0.1) is 6.04 Å². The Labute approximate surface area is 188 Å². The molecule has 3 aromatic carbocycles. The number of hydrogen-bond acceptors (Lipinski definition) is 3. The van der Waals surface area contributed by atoms with Crippen molar-refractivity contribution < 1.29 is 4.39 Å². The molecule has 2 aliphatic heterocycles. The molecule has 5 rings (SSSR count). The fourth-order valence-electron chi connectivity index (χ4n) is 4.62. The van der Waals surface area contributed by atoms with Crippen molar-refractivity contribution in [3.05, 3.63) is 107 Å². The minimum absolute atomic E-state index is 0.124. The summed E-state index contributed by atoms with van der Waals surface area (Å²) in [4.78, 5) is 6.25. The largest absolute Gasteiger partial charge is 0.297 e. The van der Waals surface area contributed by atoms with Gasteiger partial charge in [-0.2, -0.15) is 0 Å². The number of benzene rings is 3. The molecule has 0 spiro atoms. The first-order valence-electron chi connectivity index (χ1n) is 11.0. The molecule has 0 N–H and O–H groups in total. The molecule has 1 fully saturated rings. The molecule has 31 heavy (non-hydrogen) atoms. The lowest BCUT2D eigenvalue weighted by Gasteiger charge is -2.40. The molecule has 1 unspecified atom stereocenters. The van der Waals surface area contributed by atoms with Crippen molar-refractivity contribution >= 4 is 17.8 Å². The number of rotatable bonds is 4. The third-order valence-electron chi connectivity index (χ3n) is 6.24. The molecule has 1 saturated heterocycles. The van der Waals surface area contributed by atoms with E-state index in [9.17, 15) is 4.39 Å². The lowest BCUT2D eigenvalue weighted by molar-refractivity contribution is 0.116. The van der Waals surface area contributed by atoms with Gasteiger partial charge in [-0.15, -0.1) is 11.8 Å². The van der Waals surface area contributed by atoms with Crippen LogP contribution in [0.15, 0.2) is 83.8 Å². The molecule has 0 aliphatic carbocycles. The Bertz CT molecular complexity index is 1060. The van der Waals surface area contributed by atoms with E-state index >= 15 is 0 Å². The predicted molar refractivity (Wildman–Crippen MR) is 128 cm³/mol. The Hall–Kier alpha value is -2.40. The molecular formula is C27H27FN2S. The molecule has 4 heteroatoms. The maximum atomic E-state index is 14.2. The second-order valence-electron chi connectivity index (χ2n) is 8.22. The van der Waals surface area contributed by atoms with Gasteiger partial charge in [-0.3, -0.25) is 9.80 Å². The summed E-state index contributed by atoms with van der Waals surface area (Å²) in [6.45, 7) is 4.98. The lowest BCUT2D eigenvalue weighted by atomic mass is 9.93. The van der Waals surface area contributed by atoms with Gasteiger partial charge in [0.1, 0.15) is 5.82 Å². The lowest BCUT2D eigenvalue weighted by Crippen LogP contribution is -2.47. The van der Waals surface area contributed by atoms with Crippen molar-refractivity contribution in [2.24, 2.45) is 0 Å². The summed E-state index contributed by atoms with van der Waals surface area (Å²) in [7, 11) is 0. The SMILES string of the molecule is Fc1ccc2c(c1)C(N1CCN(C/C=C/c3ccccc3)CC1)c1ccccc1CS2. The fourth-order valence-corrected chi connectivity index (χ4v) is 5.69. The van der Waals surface area contributed by atoms with Crippen LogP contribution in [0.3, 0.4) is 0 Å². The molecule has 0 saturated carbocycles. The number of nitrogens with zero attached hydrogens (tertiary/aromatic N) is 2. The van der Waals surface area contributed by atoms with Crippen LogP contribution in [0.2, 0.25) is 0 Å². The Morgan fingerprint density at radius 2 is 1.65 bits per heavy atom. The molecule has 0 amide bonds. The number of thioether (sulfide) groups is 1. The number of piperazine rings is 1. The Balaban J connectivity index is 1.33. The van der Waals surface area contributed by atoms with Gasteiger partial charge in [-0.05, 0) is 40.5 Å². The van der Waals surface area contributed by atoms with Gasteiger partial charge in [0.2, 0.25) is 0 Å². The van der Waals surface area contributed by atoms with Crippen molar-refractivity contribution in [3.63, 3.8) is 0 Å². The van der Waals surface area contributed by atoms with E-state index in [-0.39, 0.29) is 11.9 Å². The van der Waals surface area contributed by atoms with Gasteiger partial charge in [0.15, 0.2) is 0 Å². The summed E-state index contributed by atoms with van der Waals surface area (Å²) in [6, 6.07) is 24.6. The molecule has 0 aromatic heterocycles. The van der Waals surface area contributed by atoms with Crippen molar-refractivity contribution in [2.45, 2.75) is 16.7 Å². The van der Waals surface area contributed by atoms with E-state index in [1.807, 2.05) is 23.9 Å². The summed E-state index contributed by atoms with van der Waals surface area (Å²) in [5, 5.41) is 0. The van der Waals surface area contributed by atoms with Crippen LogP contribution < -0.4 is 0 Å². The van der Waals surface area contributed by atoms with Gasteiger partial charge < -0.3 is 0 Å². The molecule has 0 radical (unpaired) electrons. The first-order chi connectivity index (χ1) is 15.3. The smallest absolute Gasteiger partial charge is 0.123 e. The highest BCUT2D eigenvalue weighted by molar-refractivity contribution is 7.98. The molecular weight excluding hydrogens is 403 g/mol. The van der Waals surface area contributed by atoms with E-state index in [2.05, 4.69) is 70.5 Å². The minimum Gasteiger partial charge on any atom is -0.297 e. The predicted octanol–water partition coefficient (Wildman–Crippen LogP) is 5.85. The maximum absolute atomic E-state index is 14.2. The van der Waals surface area contributed by atoms with Crippen LogP contribution in [-0.4, -0.2) is 42.5 Å². The first kappa shape index (κ1) is 20.5. The van der Waals surface area contributed by atoms with Crippen LogP contribution in [0.4, 0.5) is 4.39 Å². The third-order valence-corrected chi connectivity index (χ3v) is 7.38. The van der Waals surface area contributed by atoms with E-state index < -0.39 is 0 Å². The highest BCUT2D eigenvalue weighted by atomic mass is 32.2. The highest BCUT2D eigenvalue weighted by Gasteiger charge is 2.31. The topological polar surface area (TPSA) is 6.48 Å². The second kappa shape index (κ2) is 9.39. The van der Waals surface area contributed by atoms with Crippen LogP contribution in [-0.2, 0) is 5.75 Å². The van der Waals surface area contributed by atoms with E-state index in [1.165, 1.54) is 21.6 Å². The van der Waals surface area contributed by atoms with Crippen LogP contribution in [0.5, 0.6) is 0 Å². The zero-order valence-corrected chi connectivity index (χ0v) is 18.4. The van der Waals surface area contributed by atoms with Gasteiger partial charge in [-0.1, -0.05) is 66.7 Å². The average molecular weight is 431 g/mol. The van der Waals surface area contributed by atoms with Gasteiger partial charge >= 0.3 is 0 Å². The minimum atomic E-state index is -0.145. The maximum Gasteiger partial charge on any atom is 0.123 e. The highest BCUT2D eigenvalue weighted by Crippen LogP contribution is 2.42. The van der Waals surface area contributed by atoms with E-state index in [4.69, 9.17) is 0 Å². The van der Waals surface area contributed by atoms with Crippen LogP contribution in [0.1, 0.15) is 28.3 Å². The molecule has 2 aliphatic rings. The molecule has 0 bridgehead atoms. The molecule has 1 atom stereocenters. The summed E-state index contributed by atoms with van der Waals surface area (Å²) in [5.41, 5.74) is 5.05. The number of fused-ring (bicyclic) bond motifs is 2. The number of halogens is 1. The zero-order valence-electron chi connectivity index (χ0n) is 17.6. The van der Waals surface area contributed by atoms with Gasteiger partial charge in [0, 0.05) is 43.4 Å². The normalized spacial score (nSPS) is 19.7. The molecule has 158 valence electrons. The van der Waals surface area contributed by atoms with Crippen molar-refractivity contribution in [1.29, 1.82) is 0 Å². The molecule has 3 aromatic rings. The summed E-state index contributed by atoms with van der Waals surface area (Å²) >= 11 is 1.83. The van der Waals surface area contributed by atoms with Crippen molar-refractivity contribution in [1.82, 2.24) is 9.80 Å². The fraction of sp³-hybridized carbons (Fsp3) is 0.259. The number of hydrogen-bond donors (Lipinski definition) is 0. The Morgan fingerprint density at radius 1 is 0.871 bits per heavy atom. The molecule has 2 nitrogen and oxygen atoms in total. The Morgan fingerprint density at radius 3 is 2.48 bits per heavy atom. The van der Waals surface area contributed by atoms with Gasteiger partial charge in [-0.25, -0.2) is 4.39 Å². The summed E-state index contributed by atoms with van der Waals surface area (Å²) < 4.78 is 14.2. The Kier molecular flexibility index (Phi) is 6.21. The van der Waals surface area contributed by atoms with Crippen molar-refractivity contribution in [2.75, 3.05) is 32.7 Å². The van der Waals surface area contributed by atoms with Crippen LogP contribution >= 0.6 is 11.8 Å². The van der Waals surface area contributed by atoms with Crippen LogP contribution in [0, 0.1) is 5.82 Å². The second-order valence-corrected chi connectivity index (χ2v) is 9.24. The van der Waals surface area contributed by atoms with E-state index in [0.29, 0.717) is 0 Å². The summed E-state index contributed by atoms with van der Waals surface area (Å²) in [6.07, 6.45) is 4.46. The van der Waals surface area contributed by atoms with Gasteiger partial charge in [0.25, 0.3) is 0 Å². The third kappa shape index (κ3) is 4.62. The van der Waals surface area contributed by atoms with E-state index in [1.54, 1.807) is 12.1 Å². The summed E-state index contributed by atoms with van der Waals surface area (Å²) in [5.74, 6) is 0.795. The molecule has 2 heterocycles. The monoisotopic (exact) mass is 430 g/mol. The van der Waals surface area contributed by atoms with E-state index in [0.717, 1.165) is 44.0 Å². The first-order valence-corrected chi connectivity index (χ1v) is 11.9.